The molecule has 0 fully saturated rings. The molecule has 0 saturated carbocycles. The van der Waals surface area contributed by atoms with Gasteiger partial charge in [0.25, 0.3) is 0 Å². The van der Waals surface area contributed by atoms with Crippen LogP contribution < -0.4 is 17.2 Å². The van der Waals surface area contributed by atoms with Gasteiger partial charge in [-0.1, -0.05) is 36.4 Å². The molecule has 3 heteroatoms. The van der Waals surface area contributed by atoms with Crippen molar-refractivity contribution in [2.45, 2.75) is 6.92 Å². The van der Waals surface area contributed by atoms with E-state index >= 15 is 0 Å². The van der Waals surface area contributed by atoms with Crippen LogP contribution in [0.4, 0.5) is 17.1 Å². The highest BCUT2D eigenvalue weighted by Crippen LogP contribution is 2.35. The molecule has 0 unspecified atom stereocenters. The average Bonchev–Trinajstić information content (AvgIpc) is 2.52. The minimum absolute atomic E-state index is 0.748. The highest BCUT2D eigenvalue weighted by atomic mass is 14.6. The van der Waals surface area contributed by atoms with Crippen molar-refractivity contribution in [3.63, 3.8) is 0 Å². The summed E-state index contributed by atoms with van der Waals surface area (Å²) in [5.41, 5.74) is 25.6. The Morgan fingerprint density at radius 1 is 0.545 bits per heavy atom. The molecule has 0 atom stereocenters. The zero-order valence-corrected chi connectivity index (χ0v) is 12.5. The second-order valence-electron chi connectivity index (χ2n) is 5.44. The van der Waals surface area contributed by atoms with Crippen LogP contribution in [0.1, 0.15) is 5.56 Å². The summed E-state index contributed by atoms with van der Waals surface area (Å²) in [6.07, 6.45) is 0. The molecule has 0 bridgehead atoms. The van der Waals surface area contributed by atoms with E-state index in [-0.39, 0.29) is 0 Å². The summed E-state index contributed by atoms with van der Waals surface area (Å²) < 4.78 is 0. The molecule has 0 aliphatic carbocycles. The molecule has 6 N–H and O–H groups in total. The van der Waals surface area contributed by atoms with E-state index in [1.807, 2.05) is 55.5 Å². The van der Waals surface area contributed by atoms with E-state index in [2.05, 4.69) is 12.1 Å². The highest BCUT2D eigenvalue weighted by Gasteiger charge is 2.10. The summed E-state index contributed by atoms with van der Waals surface area (Å²) in [6.45, 7) is 2.04. The Morgan fingerprint density at radius 3 is 1.45 bits per heavy atom. The average molecular weight is 289 g/mol. The largest absolute Gasteiger partial charge is 0.399 e. The molecule has 110 valence electrons. The summed E-state index contributed by atoms with van der Waals surface area (Å²) in [4.78, 5) is 0. The van der Waals surface area contributed by atoms with E-state index in [9.17, 15) is 0 Å². The van der Waals surface area contributed by atoms with Crippen molar-refractivity contribution in [1.82, 2.24) is 0 Å². The maximum Gasteiger partial charge on any atom is 0.0429 e. The zero-order chi connectivity index (χ0) is 15.7. The van der Waals surface area contributed by atoms with Gasteiger partial charge in [-0.05, 0) is 53.4 Å². The van der Waals surface area contributed by atoms with Gasteiger partial charge < -0.3 is 17.2 Å². The van der Waals surface area contributed by atoms with Gasteiger partial charge in [0.05, 0.1) is 0 Å². The van der Waals surface area contributed by atoms with Crippen molar-refractivity contribution >= 4 is 17.1 Å². The molecular weight excluding hydrogens is 270 g/mol. The summed E-state index contributed by atoms with van der Waals surface area (Å²) >= 11 is 0. The third-order valence-corrected chi connectivity index (χ3v) is 3.96. The molecule has 3 aromatic carbocycles. The van der Waals surface area contributed by atoms with Crippen LogP contribution in [0.25, 0.3) is 22.3 Å². The zero-order valence-electron chi connectivity index (χ0n) is 12.5. The third-order valence-electron chi connectivity index (χ3n) is 3.96. The molecule has 0 radical (unpaired) electrons. The molecule has 0 spiro atoms. The van der Waals surface area contributed by atoms with Crippen molar-refractivity contribution in [1.29, 1.82) is 0 Å². The predicted molar refractivity (Wildman–Crippen MR) is 95.3 cm³/mol. The number of benzene rings is 3. The molecule has 0 aliphatic heterocycles. The van der Waals surface area contributed by atoms with Gasteiger partial charge in [0, 0.05) is 22.6 Å². The fourth-order valence-corrected chi connectivity index (χ4v) is 2.62. The molecule has 0 saturated heterocycles. The van der Waals surface area contributed by atoms with Crippen LogP contribution >= 0.6 is 0 Å². The Hall–Kier alpha value is -2.94. The highest BCUT2D eigenvalue weighted by molar-refractivity contribution is 5.85. The minimum Gasteiger partial charge on any atom is -0.399 e. The Bertz CT molecular complexity index is 733. The molecule has 3 nitrogen and oxygen atoms in total. The van der Waals surface area contributed by atoms with Gasteiger partial charge in [-0.25, -0.2) is 0 Å². The van der Waals surface area contributed by atoms with Gasteiger partial charge in [-0.2, -0.15) is 0 Å². The lowest BCUT2D eigenvalue weighted by Crippen LogP contribution is -1.97. The number of hydrogen-bond donors (Lipinski definition) is 3. The normalized spacial score (nSPS) is 10.6. The maximum atomic E-state index is 6.36. The summed E-state index contributed by atoms with van der Waals surface area (Å²) in [5.74, 6) is 0. The second-order valence-corrected chi connectivity index (χ2v) is 5.44. The second kappa shape index (κ2) is 5.45. The van der Waals surface area contributed by atoms with E-state index in [0.29, 0.717) is 0 Å². The lowest BCUT2D eigenvalue weighted by atomic mass is 9.93. The van der Waals surface area contributed by atoms with Gasteiger partial charge in [-0.15, -0.1) is 0 Å². The third kappa shape index (κ3) is 2.49. The van der Waals surface area contributed by atoms with Crippen molar-refractivity contribution in [2.75, 3.05) is 17.2 Å². The molecule has 0 heterocycles. The van der Waals surface area contributed by atoms with Crippen LogP contribution in [0, 0.1) is 6.92 Å². The first-order chi connectivity index (χ1) is 10.6. The number of nitrogen functional groups attached to an aromatic ring is 3. The Kier molecular flexibility index (Phi) is 3.47. The molecular formula is C19H19N3. The van der Waals surface area contributed by atoms with Gasteiger partial charge in [0.15, 0.2) is 0 Å². The Labute approximate surface area is 130 Å². The first-order valence-electron chi connectivity index (χ1n) is 7.17. The summed E-state index contributed by atoms with van der Waals surface area (Å²) in [5, 5.41) is 0. The van der Waals surface area contributed by atoms with E-state index in [0.717, 1.165) is 44.9 Å². The van der Waals surface area contributed by atoms with Crippen LogP contribution in [-0.2, 0) is 0 Å². The number of anilines is 3. The van der Waals surface area contributed by atoms with E-state index < -0.39 is 0 Å². The Balaban J connectivity index is 2.08. The number of nitrogens with two attached hydrogens (primary N) is 3. The van der Waals surface area contributed by atoms with E-state index in [4.69, 9.17) is 17.2 Å². The molecule has 0 amide bonds. The number of rotatable bonds is 2. The van der Waals surface area contributed by atoms with Gasteiger partial charge in [0.1, 0.15) is 0 Å². The summed E-state index contributed by atoms with van der Waals surface area (Å²) in [6, 6.07) is 19.7. The van der Waals surface area contributed by atoms with Crippen molar-refractivity contribution < 1.29 is 0 Å². The lowest BCUT2D eigenvalue weighted by molar-refractivity contribution is 1.45. The lowest BCUT2D eigenvalue weighted by Gasteiger charge is -2.14. The van der Waals surface area contributed by atoms with Gasteiger partial charge >= 0.3 is 0 Å². The summed E-state index contributed by atoms with van der Waals surface area (Å²) in [7, 11) is 0. The fraction of sp³-hybridized carbons (Fsp3) is 0.0526. The SMILES string of the molecule is Cc1c(-c2ccc(N)cc2)ccc(-c2ccc(N)cc2)c1N. The van der Waals surface area contributed by atoms with Crippen LogP contribution in [0.2, 0.25) is 0 Å². The van der Waals surface area contributed by atoms with Crippen LogP contribution in [-0.4, -0.2) is 0 Å². The quantitative estimate of drug-likeness (QED) is 0.622. The molecule has 0 aliphatic rings. The molecule has 22 heavy (non-hydrogen) atoms. The van der Waals surface area contributed by atoms with Crippen molar-refractivity contribution in [2.24, 2.45) is 0 Å². The molecule has 3 rings (SSSR count). The van der Waals surface area contributed by atoms with Gasteiger partial charge in [0.2, 0.25) is 0 Å². The topological polar surface area (TPSA) is 78.1 Å². The fourth-order valence-electron chi connectivity index (χ4n) is 2.62. The smallest absolute Gasteiger partial charge is 0.0429 e. The van der Waals surface area contributed by atoms with Crippen molar-refractivity contribution in [3.8, 4) is 22.3 Å². The first kappa shape index (κ1) is 14.0. The van der Waals surface area contributed by atoms with Crippen LogP contribution in [0.5, 0.6) is 0 Å². The minimum atomic E-state index is 0.748. The molecule has 3 aromatic rings. The Morgan fingerprint density at radius 2 is 0.955 bits per heavy atom. The monoisotopic (exact) mass is 289 g/mol. The van der Waals surface area contributed by atoms with Gasteiger partial charge in [-0.3, -0.25) is 0 Å². The first-order valence-corrected chi connectivity index (χ1v) is 7.17. The number of hydrogen-bond acceptors (Lipinski definition) is 3. The molecule has 0 aromatic heterocycles. The van der Waals surface area contributed by atoms with E-state index in [1.165, 1.54) is 0 Å². The van der Waals surface area contributed by atoms with Crippen molar-refractivity contribution in [3.05, 3.63) is 66.2 Å². The van der Waals surface area contributed by atoms with Crippen LogP contribution in [0.3, 0.4) is 0 Å². The predicted octanol–water partition coefficient (Wildman–Crippen LogP) is 4.08. The van der Waals surface area contributed by atoms with E-state index in [1.54, 1.807) is 0 Å². The van der Waals surface area contributed by atoms with Crippen LogP contribution in [0.15, 0.2) is 60.7 Å². The maximum absolute atomic E-state index is 6.36. The standard InChI is InChI=1S/C19H19N3/c1-12-17(13-2-6-15(20)7-3-13)10-11-18(19(12)22)14-4-8-16(21)9-5-14/h2-11H,20-22H2,1H3.